The zero-order valence-electron chi connectivity index (χ0n) is 11.6. The Morgan fingerprint density at radius 2 is 2.05 bits per heavy atom. The lowest BCUT2D eigenvalue weighted by molar-refractivity contribution is -0.122. The molecule has 7 heteroatoms. The highest BCUT2D eigenvalue weighted by atomic mass is 35.5. The lowest BCUT2D eigenvalue weighted by Crippen LogP contribution is -2.34. The first kappa shape index (κ1) is 16.3. The van der Waals surface area contributed by atoms with Crippen LogP contribution in [-0.2, 0) is 9.59 Å². The molecule has 0 heterocycles. The van der Waals surface area contributed by atoms with Gasteiger partial charge >= 0.3 is 0 Å². The highest BCUT2D eigenvalue weighted by Gasteiger charge is 2.08. The SMILES string of the molecule is CNC(=O)CN(C)CCC(=O)Nc1ccc(Cl)c(N)c1. The molecule has 2 amide bonds. The quantitative estimate of drug-likeness (QED) is 0.682. The smallest absolute Gasteiger partial charge is 0.233 e. The van der Waals surface area contributed by atoms with E-state index in [2.05, 4.69) is 10.6 Å². The fourth-order valence-electron chi connectivity index (χ4n) is 1.54. The fraction of sp³-hybridized carbons (Fsp3) is 0.385. The van der Waals surface area contributed by atoms with Gasteiger partial charge in [-0.25, -0.2) is 0 Å². The van der Waals surface area contributed by atoms with Crippen LogP contribution in [0.3, 0.4) is 0 Å². The lowest BCUT2D eigenvalue weighted by atomic mass is 10.2. The van der Waals surface area contributed by atoms with Crippen molar-refractivity contribution >= 4 is 34.8 Å². The number of rotatable bonds is 6. The molecule has 0 fully saturated rings. The molecule has 0 aliphatic heterocycles. The number of likely N-dealkylation sites (N-methyl/N-ethyl adjacent to an activating group) is 2. The normalized spacial score (nSPS) is 10.4. The number of carbonyl (C=O) groups excluding carboxylic acids is 2. The molecular formula is C13H19ClN4O2. The molecule has 4 N–H and O–H groups in total. The second-order valence-corrected chi connectivity index (χ2v) is 4.85. The monoisotopic (exact) mass is 298 g/mol. The van der Waals surface area contributed by atoms with Crippen LogP contribution in [0.1, 0.15) is 6.42 Å². The molecule has 6 nitrogen and oxygen atoms in total. The second-order valence-electron chi connectivity index (χ2n) is 4.45. The van der Waals surface area contributed by atoms with Crippen molar-refractivity contribution in [1.29, 1.82) is 0 Å². The topological polar surface area (TPSA) is 87.5 Å². The number of carbonyl (C=O) groups is 2. The highest BCUT2D eigenvalue weighted by molar-refractivity contribution is 6.33. The highest BCUT2D eigenvalue weighted by Crippen LogP contribution is 2.22. The minimum absolute atomic E-state index is 0.0848. The van der Waals surface area contributed by atoms with Crippen LogP contribution in [0.4, 0.5) is 11.4 Å². The predicted octanol–water partition coefficient (Wildman–Crippen LogP) is 0.929. The molecular weight excluding hydrogens is 280 g/mol. The van der Waals surface area contributed by atoms with Gasteiger partial charge in [0.15, 0.2) is 0 Å². The molecule has 1 aromatic rings. The number of amides is 2. The van der Waals surface area contributed by atoms with E-state index in [9.17, 15) is 9.59 Å². The molecule has 0 aliphatic rings. The van der Waals surface area contributed by atoms with Gasteiger partial charge in [0.2, 0.25) is 11.8 Å². The van der Waals surface area contributed by atoms with Crippen molar-refractivity contribution in [1.82, 2.24) is 10.2 Å². The molecule has 0 atom stereocenters. The third-order valence-electron chi connectivity index (χ3n) is 2.69. The zero-order chi connectivity index (χ0) is 15.1. The van der Waals surface area contributed by atoms with Crippen molar-refractivity contribution in [3.63, 3.8) is 0 Å². The van der Waals surface area contributed by atoms with Crippen LogP contribution < -0.4 is 16.4 Å². The summed E-state index contributed by atoms with van der Waals surface area (Å²) in [7, 11) is 3.36. The molecule has 0 spiro atoms. The van der Waals surface area contributed by atoms with Gasteiger partial charge in [0, 0.05) is 25.7 Å². The van der Waals surface area contributed by atoms with Gasteiger partial charge in [-0.2, -0.15) is 0 Å². The van der Waals surface area contributed by atoms with E-state index in [0.717, 1.165) is 0 Å². The summed E-state index contributed by atoms with van der Waals surface area (Å²) in [6, 6.07) is 4.92. The molecule has 0 saturated carbocycles. The number of nitrogens with one attached hydrogen (secondary N) is 2. The first-order valence-corrected chi connectivity index (χ1v) is 6.54. The minimum Gasteiger partial charge on any atom is -0.397 e. The van der Waals surface area contributed by atoms with Gasteiger partial charge in [-0.15, -0.1) is 0 Å². The standard InChI is InChI=1S/C13H19ClN4O2/c1-16-13(20)8-18(2)6-5-12(19)17-9-3-4-10(14)11(15)7-9/h3-4,7H,5-6,8,15H2,1-2H3,(H,16,20)(H,17,19). The van der Waals surface area contributed by atoms with Gasteiger partial charge in [-0.3, -0.25) is 14.5 Å². The molecule has 0 aromatic heterocycles. The van der Waals surface area contributed by atoms with E-state index >= 15 is 0 Å². The van der Waals surface area contributed by atoms with Gasteiger partial charge in [-0.05, 0) is 25.2 Å². The maximum Gasteiger partial charge on any atom is 0.233 e. The summed E-state index contributed by atoms with van der Waals surface area (Å²) >= 11 is 5.80. The molecule has 0 unspecified atom stereocenters. The Hall–Kier alpha value is -1.79. The Labute approximate surface area is 123 Å². The molecule has 1 aromatic carbocycles. The number of hydrogen-bond acceptors (Lipinski definition) is 4. The molecule has 0 aliphatic carbocycles. The van der Waals surface area contributed by atoms with Gasteiger partial charge in [0.05, 0.1) is 17.3 Å². The Morgan fingerprint density at radius 1 is 1.35 bits per heavy atom. The number of hydrogen-bond donors (Lipinski definition) is 3. The first-order chi connectivity index (χ1) is 9.42. The third kappa shape index (κ3) is 5.46. The van der Waals surface area contributed by atoms with Gasteiger partial charge in [0.25, 0.3) is 0 Å². The summed E-state index contributed by atoms with van der Waals surface area (Å²) in [4.78, 5) is 24.7. The molecule has 20 heavy (non-hydrogen) atoms. The van der Waals surface area contributed by atoms with E-state index < -0.39 is 0 Å². The molecule has 110 valence electrons. The number of benzene rings is 1. The molecule has 0 radical (unpaired) electrons. The summed E-state index contributed by atoms with van der Waals surface area (Å²) in [6.07, 6.45) is 0.288. The Balaban J connectivity index is 2.40. The number of anilines is 2. The zero-order valence-corrected chi connectivity index (χ0v) is 12.3. The molecule has 0 saturated heterocycles. The fourth-order valence-corrected chi connectivity index (χ4v) is 1.66. The van der Waals surface area contributed by atoms with Crippen molar-refractivity contribution in [2.45, 2.75) is 6.42 Å². The Morgan fingerprint density at radius 3 is 2.65 bits per heavy atom. The van der Waals surface area contributed by atoms with Crippen LogP contribution in [0.25, 0.3) is 0 Å². The van der Waals surface area contributed by atoms with Crippen LogP contribution in [0.15, 0.2) is 18.2 Å². The molecule has 1 rings (SSSR count). The molecule has 0 bridgehead atoms. The van der Waals surface area contributed by atoms with Crippen LogP contribution in [-0.4, -0.2) is 43.9 Å². The largest absolute Gasteiger partial charge is 0.397 e. The summed E-state index contributed by atoms with van der Waals surface area (Å²) in [5.41, 5.74) is 6.67. The van der Waals surface area contributed by atoms with E-state index in [1.165, 1.54) is 0 Å². The van der Waals surface area contributed by atoms with Crippen molar-refractivity contribution in [3.8, 4) is 0 Å². The van der Waals surface area contributed by atoms with Crippen LogP contribution in [0, 0.1) is 0 Å². The van der Waals surface area contributed by atoms with Gasteiger partial charge in [0.1, 0.15) is 0 Å². The van der Waals surface area contributed by atoms with Gasteiger partial charge < -0.3 is 16.4 Å². The maximum absolute atomic E-state index is 11.8. The van der Waals surface area contributed by atoms with Crippen molar-refractivity contribution in [2.24, 2.45) is 0 Å². The lowest BCUT2D eigenvalue weighted by Gasteiger charge is -2.15. The van der Waals surface area contributed by atoms with E-state index in [1.54, 1.807) is 37.2 Å². The van der Waals surface area contributed by atoms with Crippen LogP contribution in [0.5, 0.6) is 0 Å². The average molecular weight is 299 g/mol. The average Bonchev–Trinajstić information content (AvgIpc) is 2.40. The van der Waals surface area contributed by atoms with Gasteiger partial charge in [-0.1, -0.05) is 11.6 Å². The Bertz CT molecular complexity index is 493. The number of nitrogens with zero attached hydrogens (tertiary/aromatic N) is 1. The van der Waals surface area contributed by atoms with Crippen molar-refractivity contribution < 1.29 is 9.59 Å². The summed E-state index contributed by atoms with van der Waals surface area (Å²) in [5.74, 6) is -0.228. The van der Waals surface area contributed by atoms with E-state index in [4.69, 9.17) is 17.3 Å². The Kier molecular flexibility index (Phi) is 6.27. The van der Waals surface area contributed by atoms with E-state index in [0.29, 0.717) is 22.9 Å². The van der Waals surface area contributed by atoms with Crippen molar-refractivity contribution in [2.75, 3.05) is 38.2 Å². The minimum atomic E-state index is -0.143. The number of nitrogen functional groups attached to an aromatic ring is 1. The summed E-state index contributed by atoms with van der Waals surface area (Å²) < 4.78 is 0. The first-order valence-electron chi connectivity index (χ1n) is 6.16. The number of nitrogens with two attached hydrogens (primary N) is 1. The summed E-state index contributed by atoms with van der Waals surface area (Å²) in [5, 5.41) is 5.71. The van der Waals surface area contributed by atoms with Crippen LogP contribution >= 0.6 is 11.6 Å². The van der Waals surface area contributed by atoms with Crippen LogP contribution in [0.2, 0.25) is 5.02 Å². The summed E-state index contributed by atoms with van der Waals surface area (Å²) in [6.45, 7) is 0.750. The van der Waals surface area contributed by atoms with E-state index in [1.807, 2.05) is 0 Å². The predicted molar refractivity (Wildman–Crippen MR) is 80.7 cm³/mol. The maximum atomic E-state index is 11.8. The second kappa shape index (κ2) is 7.72. The third-order valence-corrected chi connectivity index (χ3v) is 3.04. The number of halogens is 1. The van der Waals surface area contributed by atoms with E-state index in [-0.39, 0.29) is 24.8 Å². The van der Waals surface area contributed by atoms with Crippen molar-refractivity contribution in [3.05, 3.63) is 23.2 Å².